The van der Waals surface area contributed by atoms with Crippen LogP contribution in [0, 0.1) is 13.8 Å². The van der Waals surface area contributed by atoms with E-state index in [9.17, 15) is 4.79 Å². The van der Waals surface area contributed by atoms with E-state index in [2.05, 4.69) is 42.7 Å². The van der Waals surface area contributed by atoms with Crippen LogP contribution in [0.25, 0.3) is 11.3 Å². The first-order valence-electron chi connectivity index (χ1n) is 9.44. The van der Waals surface area contributed by atoms with E-state index >= 15 is 0 Å². The fraction of sp³-hybridized carbons (Fsp3) is 0.273. The van der Waals surface area contributed by atoms with Crippen LogP contribution in [-0.2, 0) is 6.42 Å². The van der Waals surface area contributed by atoms with Crippen molar-refractivity contribution < 1.29 is 4.79 Å². The summed E-state index contributed by atoms with van der Waals surface area (Å²) in [5.74, 6) is -0.0840. The Morgan fingerprint density at radius 3 is 2.71 bits per heavy atom. The quantitative estimate of drug-likeness (QED) is 0.690. The number of hydrogen-bond acceptors (Lipinski definition) is 3. The van der Waals surface area contributed by atoms with Gasteiger partial charge < -0.3 is 5.32 Å². The van der Waals surface area contributed by atoms with Gasteiger partial charge in [-0.1, -0.05) is 47.5 Å². The first-order valence-corrected chi connectivity index (χ1v) is 9.82. The second-order valence-corrected chi connectivity index (χ2v) is 7.67. The largest absolute Gasteiger partial charge is 0.347 e. The molecule has 0 spiro atoms. The molecule has 3 aromatic rings. The number of halogens is 1. The summed E-state index contributed by atoms with van der Waals surface area (Å²) in [5.41, 5.74) is 6.06. The molecule has 0 saturated heterocycles. The van der Waals surface area contributed by atoms with E-state index in [1.165, 1.54) is 11.1 Å². The Balaban J connectivity index is 1.52. The van der Waals surface area contributed by atoms with Crippen LogP contribution in [0.4, 0.5) is 0 Å². The molecule has 28 heavy (non-hydrogen) atoms. The summed E-state index contributed by atoms with van der Waals surface area (Å²) < 4.78 is 1.81. The van der Waals surface area contributed by atoms with E-state index in [0.29, 0.717) is 12.2 Å². The van der Waals surface area contributed by atoms with Gasteiger partial charge in [0.05, 0.1) is 12.2 Å². The topological polar surface area (TPSA) is 59.0 Å². The SMILES string of the molecule is Cc1ccc(-c2cc3n(n2)[C@H](NCCc2ccc(Cl)cc2)CNC3=O)c(C)c1. The first kappa shape index (κ1) is 18.7. The third kappa shape index (κ3) is 3.81. The molecule has 1 aromatic heterocycles. The van der Waals surface area contributed by atoms with Gasteiger partial charge in [0.15, 0.2) is 0 Å². The smallest absolute Gasteiger partial charge is 0.269 e. The predicted octanol–water partition coefficient (Wildman–Crippen LogP) is 3.89. The molecule has 0 radical (unpaired) electrons. The van der Waals surface area contributed by atoms with Crippen molar-refractivity contribution in [1.29, 1.82) is 0 Å². The van der Waals surface area contributed by atoms with E-state index in [4.69, 9.17) is 16.7 Å². The minimum Gasteiger partial charge on any atom is -0.347 e. The van der Waals surface area contributed by atoms with E-state index < -0.39 is 0 Å². The molecule has 0 saturated carbocycles. The molecule has 0 bridgehead atoms. The fourth-order valence-electron chi connectivity index (χ4n) is 3.59. The van der Waals surface area contributed by atoms with Crippen molar-refractivity contribution >= 4 is 17.5 Å². The van der Waals surface area contributed by atoms with Gasteiger partial charge in [-0.25, -0.2) is 4.68 Å². The number of carbonyl (C=O) groups is 1. The van der Waals surface area contributed by atoms with E-state index in [0.717, 1.165) is 34.8 Å². The standard InChI is InChI=1S/C22H23ClN4O/c1-14-3-8-18(15(2)11-14)19-12-20-22(28)25-13-21(27(20)26-19)24-10-9-16-4-6-17(23)7-5-16/h3-8,11-12,21,24H,9-10,13H2,1-2H3,(H,25,28)/t21-/m0/s1. The van der Waals surface area contributed by atoms with Crippen LogP contribution >= 0.6 is 11.6 Å². The zero-order valence-corrected chi connectivity index (χ0v) is 16.8. The van der Waals surface area contributed by atoms with Crippen molar-refractivity contribution in [3.63, 3.8) is 0 Å². The summed E-state index contributed by atoms with van der Waals surface area (Å²) in [4.78, 5) is 12.3. The lowest BCUT2D eigenvalue weighted by molar-refractivity contribution is 0.0901. The van der Waals surface area contributed by atoms with E-state index in [1.54, 1.807) is 0 Å². The molecule has 6 heteroatoms. The summed E-state index contributed by atoms with van der Waals surface area (Å²) in [6.45, 7) is 5.44. The highest BCUT2D eigenvalue weighted by Crippen LogP contribution is 2.26. The Morgan fingerprint density at radius 1 is 1.18 bits per heavy atom. The zero-order valence-electron chi connectivity index (χ0n) is 16.0. The molecular weight excluding hydrogens is 372 g/mol. The van der Waals surface area contributed by atoms with Crippen LogP contribution in [0.15, 0.2) is 48.5 Å². The average Bonchev–Trinajstić information content (AvgIpc) is 3.11. The van der Waals surface area contributed by atoms with Gasteiger partial charge in [0, 0.05) is 17.1 Å². The molecule has 0 unspecified atom stereocenters. The Bertz CT molecular complexity index is 1010. The lowest BCUT2D eigenvalue weighted by atomic mass is 10.0. The van der Waals surface area contributed by atoms with Crippen molar-refractivity contribution in [2.24, 2.45) is 0 Å². The minimum atomic E-state index is -0.0840. The lowest BCUT2D eigenvalue weighted by Gasteiger charge is -2.25. The van der Waals surface area contributed by atoms with Crippen LogP contribution in [-0.4, -0.2) is 28.8 Å². The molecule has 144 valence electrons. The number of aromatic nitrogens is 2. The molecule has 2 aromatic carbocycles. The number of benzene rings is 2. The molecule has 1 aliphatic heterocycles. The minimum absolute atomic E-state index is 0.0699. The van der Waals surface area contributed by atoms with Gasteiger partial charge in [0.25, 0.3) is 5.91 Å². The van der Waals surface area contributed by atoms with E-state index in [-0.39, 0.29) is 12.1 Å². The molecule has 1 amide bonds. The molecule has 5 nitrogen and oxygen atoms in total. The molecule has 1 aliphatic rings. The summed E-state index contributed by atoms with van der Waals surface area (Å²) in [5, 5.41) is 12.0. The van der Waals surface area contributed by atoms with Crippen molar-refractivity contribution in [2.45, 2.75) is 26.4 Å². The van der Waals surface area contributed by atoms with Gasteiger partial charge in [-0.05, 0) is 49.6 Å². The van der Waals surface area contributed by atoms with Crippen LogP contribution < -0.4 is 10.6 Å². The Kier molecular flexibility index (Phi) is 5.20. The van der Waals surface area contributed by atoms with Crippen molar-refractivity contribution in [3.05, 3.63) is 75.9 Å². The zero-order chi connectivity index (χ0) is 19.7. The maximum atomic E-state index is 12.3. The molecular formula is C22H23ClN4O. The highest BCUT2D eigenvalue weighted by molar-refractivity contribution is 6.30. The number of nitrogens with one attached hydrogen (secondary N) is 2. The van der Waals surface area contributed by atoms with Crippen LogP contribution in [0.2, 0.25) is 5.02 Å². The van der Waals surface area contributed by atoms with E-state index in [1.807, 2.05) is 35.0 Å². The Morgan fingerprint density at radius 2 is 1.96 bits per heavy atom. The number of amides is 1. The number of hydrogen-bond donors (Lipinski definition) is 2. The number of aryl methyl sites for hydroxylation is 2. The highest BCUT2D eigenvalue weighted by Gasteiger charge is 2.27. The third-order valence-corrected chi connectivity index (χ3v) is 5.34. The Hall–Kier alpha value is -2.63. The number of rotatable bonds is 5. The lowest BCUT2D eigenvalue weighted by Crippen LogP contribution is -2.45. The van der Waals surface area contributed by atoms with Crippen molar-refractivity contribution in [1.82, 2.24) is 20.4 Å². The molecule has 2 heterocycles. The van der Waals surface area contributed by atoms with Crippen molar-refractivity contribution in [3.8, 4) is 11.3 Å². The molecule has 0 fully saturated rings. The molecule has 1 atom stereocenters. The van der Waals surface area contributed by atoms with Gasteiger partial charge in [-0.15, -0.1) is 0 Å². The highest BCUT2D eigenvalue weighted by atomic mass is 35.5. The van der Waals surface area contributed by atoms with Gasteiger partial charge in [-0.2, -0.15) is 5.10 Å². The molecule has 2 N–H and O–H groups in total. The van der Waals surface area contributed by atoms with Gasteiger partial charge in [0.2, 0.25) is 0 Å². The van der Waals surface area contributed by atoms with Crippen LogP contribution in [0.3, 0.4) is 0 Å². The normalized spacial score (nSPS) is 16.0. The summed E-state index contributed by atoms with van der Waals surface area (Å²) in [7, 11) is 0. The predicted molar refractivity (Wildman–Crippen MR) is 112 cm³/mol. The second kappa shape index (κ2) is 7.78. The third-order valence-electron chi connectivity index (χ3n) is 5.08. The summed E-state index contributed by atoms with van der Waals surface area (Å²) in [6.07, 6.45) is 0.807. The monoisotopic (exact) mass is 394 g/mol. The summed E-state index contributed by atoms with van der Waals surface area (Å²) in [6, 6.07) is 16.0. The number of carbonyl (C=O) groups excluding carboxylic acids is 1. The maximum absolute atomic E-state index is 12.3. The first-order chi connectivity index (χ1) is 13.5. The Labute approximate surface area is 169 Å². The van der Waals surface area contributed by atoms with Crippen LogP contribution in [0.1, 0.15) is 33.3 Å². The second-order valence-electron chi connectivity index (χ2n) is 7.23. The van der Waals surface area contributed by atoms with Gasteiger partial charge in [-0.3, -0.25) is 10.1 Å². The number of fused-ring (bicyclic) bond motifs is 1. The average molecular weight is 395 g/mol. The fourth-order valence-corrected chi connectivity index (χ4v) is 3.72. The molecule has 0 aliphatic carbocycles. The number of nitrogens with zero attached hydrogens (tertiary/aromatic N) is 2. The molecule has 4 rings (SSSR count). The van der Waals surface area contributed by atoms with Gasteiger partial charge in [0.1, 0.15) is 11.9 Å². The van der Waals surface area contributed by atoms with Crippen molar-refractivity contribution in [2.75, 3.05) is 13.1 Å². The van der Waals surface area contributed by atoms with Crippen LogP contribution in [0.5, 0.6) is 0 Å². The summed E-state index contributed by atoms with van der Waals surface area (Å²) >= 11 is 5.94. The van der Waals surface area contributed by atoms with Gasteiger partial charge >= 0.3 is 0 Å². The maximum Gasteiger partial charge on any atom is 0.269 e.